The largest absolute Gasteiger partial charge is 0.433 e. The minimum atomic E-state index is -1.12. The molecule has 0 aliphatic carbocycles. The van der Waals surface area contributed by atoms with Gasteiger partial charge in [-0.1, -0.05) is 6.92 Å². The first kappa shape index (κ1) is 15.7. The Labute approximate surface area is 117 Å². The molecule has 7 heteroatoms. The predicted octanol–water partition coefficient (Wildman–Crippen LogP) is -0.0721. The van der Waals surface area contributed by atoms with Gasteiger partial charge in [0.2, 0.25) is 6.29 Å². The topological polar surface area (TPSA) is 94.5 Å². The second kappa shape index (κ2) is 5.95. The minimum absolute atomic E-state index is 0.286. The van der Waals surface area contributed by atoms with Gasteiger partial charge in [-0.05, 0) is 20.3 Å². The van der Waals surface area contributed by atoms with E-state index in [-0.39, 0.29) is 12.4 Å². The third-order valence-electron chi connectivity index (χ3n) is 3.31. The van der Waals surface area contributed by atoms with Crippen LogP contribution in [0, 0.1) is 0 Å². The van der Waals surface area contributed by atoms with Crippen LogP contribution in [0.4, 0.5) is 0 Å². The predicted molar refractivity (Wildman–Crippen MR) is 66.6 cm³/mol. The minimum Gasteiger partial charge on any atom is -0.433 e. The summed E-state index contributed by atoms with van der Waals surface area (Å²) >= 11 is 0. The molecule has 2 fully saturated rings. The summed E-state index contributed by atoms with van der Waals surface area (Å²) in [5, 5.41) is 18.8. The molecule has 2 saturated heterocycles. The molecule has 2 aliphatic rings. The molecular formula is C13H22O7. The van der Waals surface area contributed by atoms with Crippen LogP contribution in [0.2, 0.25) is 0 Å². The van der Waals surface area contributed by atoms with Gasteiger partial charge in [0.15, 0.2) is 11.9 Å². The van der Waals surface area contributed by atoms with Gasteiger partial charge in [-0.2, -0.15) is 0 Å². The lowest BCUT2D eigenvalue weighted by Crippen LogP contribution is -2.40. The highest BCUT2D eigenvalue weighted by molar-refractivity contribution is 5.69. The maximum atomic E-state index is 11.6. The first-order valence-electron chi connectivity index (χ1n) is 6.87. The van der Waals surface area contributed by atoms with Crippen molar-refractivity contribution in [3.05, 3.63) is 0 Å². The number of hydrogen-bond acceptors (Lipinski definition) is 7. The first-order chi connectivity index (χ1) is 9.38. The van der Waals surface area contributed by atoms with Crippen LogP contribution in [-0.2, 0) is 23.7 Å². The Morgan fingerprint density at radius 1 is 1.35 bits per heavy atom. The van der Waals surface area contributed by atoms with Gasteiger partial charge in [0.25, 0.3) is 0 Å². The van der Waals surface area contributed by atoms with Gasteiger partial charge in [-0.15, -0.1) is 0 Å². The summed E-state index contributed by atoms with van der Waals surface area (Å²) in [6.45, 7) is 4.88. The summed E-state index contributed by atoms with van der Waals surface area (Å²) in [6, 6.07) is 0. The molecule has 0 amide bonds. The zero-order valence-electron chi connectivity index (χ0n) is 11.9. The number of esters is 1. The van der Waals surface area contributed by atoms with Crippen LogP contribution in [0.1, 0.15) is 33.6 Å². The highest BCUT2D eigenvalue weighted by atomic mass is 16.8. The molecule has 0 aromatic rings. The summed E-state index contributed by atoms with van der Waals surface area (Å²) in [5.74, 6) is -1.23. The monoisotopic (exact) mass is 290 g/mol. The van der Waals surface area contributed by atoms with Crippen molar-refractivity contribution in [3.63, 3.8) is 0 Å². The lowest BCUT2D eigenvalue weighted by molar-refractivity contribution is -0.241. The van der Waals surface area contributed by atoms with Crippen molar-refractivity contribution in [1.29, 1.82) is 0 Å². The third kappa shape index (κ3) is 3.12. The van der Waals surface area contributed by atoms with Gasteiger partial charge in [0.05, 0.1) is 6.61 Å². The molecule has 7 nitrogen and oxygen atoms in total. The third-order valence-corrected chi connectivity index (χ3v) is 3.31. The molecule has 116 valence electrons. The SMILES string of the molecule is CCCC(=O)O[C@H]1O[C@H](C(O)CO)C2OC(C)(C)O[C@H]21. The molecular weight excluding hydrogens is 268 g/mol. The molecule has 0 bridgehead atoms. The number of carbonyl (C=O) groups is 1. The number of fused-ring (bicyclic) bond motifs is 1. The number of hydrogen-bond donors (Lipinski definition) is 2. The standard InChI is InChI=1S/C13H22O7/c1-4-5-8(16)17-12-11-10(19-13(2,3)20-11)9(18-12)7(15)6-14/h7,9-12,14-15H,4-6H2,1-3H3/t7?,9-,10?,11-,12+/m1/s1. The number of aliphatic hydroxyl groups is 2. The van der Waals surface area contributed by atoms with Gasteiger partial charge < -0.3 is 29.2 Å². The van der Waals surface area contributed by atoms with Crippen molar-refractivity contribution in [1.82, 2.24) is 0 Å². The highest BCUT2D eigenvalue weighted by Gasteiger charge is 2.58. The van der Waals surface area contributed by atoms with Crippen molar-refractivity contribution in [3.8, 4) is 0 Å². The fourth-order valence-electron chi connectivity index (χ4n) is 2.49. The zero-order chi connectivity index (χ0) is 14.9. The van der Waals surface area contributed by atoms with Gasteiger partial charge in [-0.3, -0.25) is 4.79 Å². The molecule has 2 N–H and O–H groups in total. The van der Waals surface area contributed by atoms with E-state index in [0.29, 0.717) is 6.42 Å². The van der Waals surface area contributed by atoms with Gasteiger partial charge in [0.1, 0.15) is 18.3 Å². The van der Waals surface area contributed by atoms with E-state index < -0.39 is 43.1 Å². The van der Waals surface area contributed by atoms with E-state index in [1.165, 1.54) is 0 Å². The van der Waals surface area contributed by atoms with Crippen LogP contribution in [0.15, 0.2) is 0 Å². The average molecular weight is 290 g/mol. The number of carbonyl (C=O) groups excluding carboxylic acids is 1. The molecule has 0 saturated carbocycles. The summed E-state index contributed by atoms with van der Waals surface area (Å²) in [4.78, 5) is 11.6. The summed E-state index contributed by atoms with van der Waals surface area (Å²) in [7, 11) is 0. The van der Waals surface area contributed by atoms with E-state index in [2.05, 4.69) is 0 Å². The molecule has 0 radical (unpaired) electrons. The van der Waals surface area contributed by atoms with Crippen molar-refractivity contribution in [2.45, 2.75) is 70.1 Å². The van der Waals surface area contributed by atoms with Crippen LogP contribution in [-0.4, -0.2) is 59.3 Å². The first-order valence-corrected chi connectivity index (χ1v) is 6.87. The molecule has 20 heavy (non-hydrogen) atoms. The Morgan fingerprint density at radius 2 is 2.00 bits per heavy atom. The highest BCUT2D eigenvalue weighted by Crippen LogP contribution is 2.40. The fourth-order valence-corrected chi connectivity index (χ4v) is 2.49. The molecule has 0 aromatic carbocycles. The fraction of sp³-hybridized carbons (Fsp3) is 0.923. The number of aliphatic hydroxyl groups excluding tert-OH is 2. The maximum Gasteiger partial charge on any atom is 0.308 e. The smallest absolute Gasteiger partial charge is 0.308 e. The Hall–Kier alpha value is -0.730. The molecule has 2 aliphatic heterocycles. The number of ether oxygens (including phenoxy) is 4. The molecule has 0 spiro atoms. The second-order valence-electron chi connectivity index (χ2n) is 5.52. The van der Waals surface area contributed by atoms with Crippen LogP contribution in [0.3, 0.4) is 0 Å². The van der Waals surface area contributed by atoms with E-state index >= 15 is 0 Å². The Balaban J connectivity index is 2.08. The second-order valence-corrected chi connectivity index (χ2v) is 5.52. The normalized spacial score (nSPS) is 36.6. The Bertz CT molecular complexity index is 357. The summed E-state index contributed by atoms with van der Waals surface area (Å²) in [6.07, 6.45) is -3.04. The van der Waals surface area contributed by atoms with E-state index in [9.17, 15) is 9.90 Å². The van der Waals surface area contributed by atoms with E-state index in [0.717, 1.165) is 0 Å². The van der Waals surface area contributed by atoms with E-state index in [1.807, 2.05) is 6.92 Å². The van der Waals surface area contributed by atoms with Crippen LogP contribution in [0.5, 0.6) is 0 Å². The molecule has 2 rings (SSSR count). The molecule has 2 unspecified atom stereocenters. The van der Waals surface area contributed by atoms with Crippen molar-refractivity contribution in [2.75, 3.05) is 6.61 Å². The Morgan fingerprint density at radius 3 is 2.60 bits per heavy atom. The van der Waals surface area contributed by atoms with Crippen LogP contribution >= 0.6 is 0 Å². The average Bonchev–Trinajstić information content (AvgIpc) is 2.83. The molecule has 2 heterocycles. The van der Waals surface area contributed by atoms with Gasteiger partial charge >= 0.3 is 5.97 Å². The number of rotatable bonds is 5. The van der Waals surface area contributed by atoms with Gasteiger partial charge in [-0.25, -0.2) is 0 Å². The molecule has 0 aromatic heterocycles. The van der Waals surface area contributed by atoms with Crippen molar-refractivity contribution < 1.29 is 34.0 Å². The maximum absolute atomic E-state index is 11.6. The zero-order valence-corrected chi connectivity index (χ0v) is 11.9. The lowest BCUT2D eigenvalue weighted by Gasteiger charge is -2.25. The van der Waals surface area contributed by atoms with Crippen LogP contribution in [0.25, 0.3) is 0 Å². The quantitative estimate of drug-likeness (QED) is 0.684. The summed E-state index contributed by atoms with van der Waals surface area (Å²) < 4.78 is 22.1. The van der Waals surface area contributed by atoms with Gasteiger partial charge in [0, 0.05) is 6.42 Å². The molecule has 5 atom stereocenters. The summed E-state index contributed by atoms with van der Waals surface area (Å²) in [5.41, 5.74) is 0. The Kier molecular flexibility index (Phi) is 4.66. The van der Waals surface area contributed by atoms with Crippen molar-refractivity contribution in [2.24, 2.45) is 0 Å². The van der Waals surface area contributed by atoms with E-state index in [4.69, 9.17) is 24.1 Å². The van der Waals surface area contributed by atoms with Crippen LogP contribution < -0.4 is 0 Å². The lowest BCUT2D eigenvalue weighted by atomic mass is 10.1. The van der Waals surface area contributed by atoms with Crippen molar-refractivity contribution >= 4 is 5.97 Å². The van der Waals surface area contributed by atoms with E-state index in [1.54, 1.807) is 13.8 Å².